The molecule has 100 valence electrons. The van der Waals surface area contributed by atoms with Crippen LogP contribution < -0.4 is 10.1 Å². The largest absolute Gasteiger partial charge is 0.494 e. The van der Waals surface area contributed by atoms with E-state index in [0.717, 1.165) is 11.4 Å². The Morgan fingerprint density at radius 3 is 2.79 bits per heavy atom. The number of anilines is 2. The smallest absolute Gasteiger partial charge is 0.309 e. The summed E-state index contributed by atoms with van der Waals surface area (Å²) >= 11 is 1.38. The third kappa shape index (κ3) is 3.96. The first-order valence-electron chi connectivity index (χ1n) is 5.83. The van der Waals surface area contributed by atoms with Crippen molar-refractivity contribution in [3.8, 4) is 5.75 Å². The highest BCUT2D eigenvalue weighted by molar-refractivity contribution is 7.13. The van der Waals surface area contributed by atoms with E-state index in [2.05, 4.69) is 10.3 Å². The number of rotatable bonds is 6. The second kappa shape index (κ2) is 6.19. The van der Waals surface area contributed by atoms with Crippen molar-refractivity contribution in [1.29, 1.82) is 0 Å². The summed E-state index contributed by atoms with van der Waals surface area (Å²) in [4.78, 5) is 14.8. The molecule has 0 spiro atoms. The van der Waals surface area contributed by atoms with Crippen molar-refractivity contribution in [3.05, 3.63) is 35.3 Å². The summed E-state index contributed by atoms with van der Waals surface area (Å²) in [6.45, 7) is 2.57. The number of nitrogens with zero attached hydrogens (tertiary/aromatic N) is 1. The fraction of sp³-hybridized carbons (Fsp3) is 0.231. The van der Waals surface area contributed by atoms with Gasteiger partial charge in [-0.25, -0.2) is 4.98 Å². The van der Waals surface area contributed by atoms with Gasteiger partial charge in [-0.15, -0.1) is 11.3 Å². The predicted octanol–water partition coefficient (Wildman–Crippen LogP) is 2.91. The molecule has 0 fully saturated rings. The van der Waals surface area contributed by atoms with E-state index in [1.54, 1.807) is 5.38 Å². The molecule has 0 atom stereocenters. The van der Waals surface area contributed by atoms with Gasteiger partial charge in [0.15, 0.2) is 5.13 Å². The molecule has 19 heavy (non-hydrogen) atoms. The van der Waals surface area contributed by atoms with Gasteiger partial charge in [0.2, 0.25) is 0 Å². The van der Waals surface area contributed by atoms with Crippen molar-refractivity contribution in [3.63, 3.8) is 0 Å². The molecule has 1 aromatic heterocycles. The first-order chi connectivity index (χ1) is 9.17. The highest BCUT2D eigenvalue weighted by Gasteiger charge is 2.06. The fourth-order valence-electron chi connectivity index (χ4n) is 1.53. The van der Waals surface area contributed by atoms with E-state index in [1.807, 2.05) is 31.2 Å². The van der Waals surface area contributed by atoms with E-state index in [-0.39, 0.29) is 6.42 Å². The molecule has 0 aliphatic rings. The van der Waals surface area contributed by atoms with Crippen molar-refractivity contribution in [2.75, 3.05) is 11.9 Å². The molecule has 1 heterocycles. The van der Waals surface area contributed by atoms with E-state index in [4.69, 9.17) is 9.84 Å². The summed E-state index contributed by atoms with van der Waals surface area (Å²) < 4.78 is 5.35. The van der Waals surface area contributed by atoms with Gasteiger partial charge in [0.25, 0.3) is 0 Å². The van der Waals surface area contributed by atoms with Crippen molar-refractivity contribution >= 4 is 28.1 Å². The van der Waals surface area contributed by atoms with Gasteiger partial charge >= 0.3 is 5.97 Å². The average Bonchev–Trinajstić information content (AvgIpc) is 2.78. The van der Waals surface area contributed by atoms with Gasteiger partial charge < -0.3 is 15.2 Å². The minimum atomic E-state index is -0.877. The lowest BCUT2D eigenvalue weighted by atomic mass is 10.3. The van der Waals surface area contributed by atoms with Gasteiger partial charge in [-0.3, -0.25) is 4.79 Å². The Morgan fingerprint density at radius 1 is 1.42 bits per heavy atom. The average molecular weight is 278 g/mol. The summed E-state index contributed by atoms with van der Waals surface area (Å²) in [6.07, 6.45) is -0.0541. The monoisotopic (exact) mass is 278 g/mol. The molecule has 6 heteroatoms. The molecule has 5 nitrogen and oxygen atoms in total. The zero-order valence-electron chi connectivity index (χ0n) is 10.4. The maximum Gasteiger partial charge on any atom is 0.309 e. The van der Waals surface area contributed by atoms with Crippen LogP contribution in [-0.4, -0.2) is 22.7 Å². The molecule has 0 amide bonds. The van der Waals surface area contributed by atoms with Crippen LogP contribution in [0.1, 0.15) is 12.6 Å². The Kier molecular flexibility index (Phi) is 4.35. The Bertz CT molecular complexity index is 551. The van der Waals surface area contributed by atoms with Crippen LogP contribution in [0, 0.1) is 0 Å². The molecule has 0 unspecified atom stereocenters. The summed E-state index contributed by atoms with van der Waals surface area (Å²) in [5, 5.41) is 14.2. The Morgan fingerprint density at radius 2 is 2.16 bits per heavy atom. The molecular formula is C13H14N2O3S. The number of ether oxygens (including phenoxy) is 1. The van der Waals surface area contributed by atoms with Crippen molar-refractivity contribution in [2.24, 2.45) is 0 Å². The number of aliphatic carboxylic acids is 1. The van der Waals surface area contributed by atoms with Gasteiger partial charge in [-0.2, -0.15) is 0 Å². The minimum Gasteiger partial charge on any atom is -0.494 e. The normalized spacial score (nSPS) is 10.2. The predicted molar refractivity (Wildman–Crippen MR) is 74.3 cm³/mol. The number of nitrogens with one attached hydrogen (secondary N) is 1. The van der Waals surface area contributed by atoms with Crippen LogP contribution in [-0.2, 0) is 11.2 Å². The quantitative estimate of drug-likeness (QED) is 0.850. The highest BCUT2D eigenvalue weighted by atomic mass is 32.1. The highest BCUT2D eigenvalue weighted by Crippen LogP contribution is 2.23. The molecule has 0 saturated heterocycles. The van der Waals surface area contributed by atoms with Crippen molar-refractivity contribution in [2.45, 2.75) is 13.3 Å². The Hall–Kier alpha value is -2.08. The van der Waals surface area contributed by atoms with Gasteiger partial charge in [0, 0.05) is 11.1 Å². The van der Waals surface area contributed by atoms with E-state index in [0.29, 0.717) is 17.4 Å². The number of hydrogen-bond acceptors (Lipinski definition) is 5. The number of aromatic nitrogens is 1. The molecule has 2 N–H and O–H groups in total. The molecule has 0 aliphatic carbocycles. The molecule has 0 radical (unpaired) electrons. The Balaban J connectivity index is 2.00. The van der Waals surface area contributed by atoms with Crippen LogP contribution in [0.2, 0.25) is 0 Å². The molecular weight excluding hydrogens is 264 g/mol. The van der Waals surface area contributed by atoms with Gasteiger partial charge in [-0.1, -0.05) is 0 Å². The fourth-order valence-corrected chi connectivity index (χ4v) is 2.26. The number of carbonyl (C=O) groups is 1. The standard InChI is InChI=1S/C13H14N2O3S/c1-2-18-11-5-3-9(4-6-11)14-13-15-10(8-19-13)7-12(16)17/h3-6,8H,2,7H2,1H3,(H,14,15)(H,16,17). The second-order valence-electron chi connectivity index (χ2n) is 3.80. The molecule has 1 aromatic carbocycles. The first-order valence-corrected chi connectivity index (χ1v) is 6.71. The second-order valence-corrected chi connectivity index (χ2v) is 4.66. The van der Waals surface area contributed by atoms with E-state index in [1.165, 1.54) is 11.3 Å². The van der Waals surface area contributed by atoms with Gasteiger partial charge in [0.1, 0.15) is 5.75 Å². The SMILES string of the molecule is CCOc1ccc(Nc2nc(CC(=O)O)cs2)cc1. The van der Waals surface area contributed by atoms with Crippen LogP contribution in [0.25, 0.3) is 0 Å². The molecule has 0 bridgehead atoms. The van der Waals surface area contributed by atoms with Crippen LogP contribution >= 0.6 is 11.3 Å². The van der Waals surface area contributed by atoms with E-state index in [9.17, 15) is 4.79 Å². The van der Waals surface area contributed by atoms with E-state index >= 15 is 0 Å². The zero-order chi connectivity index (χ0) is 13.7. The molecule has 0 aliphatic heterocycles. The summed E-state index contributed by atoms with van der Waals surface area (Å²) in [5.41, 5.74) is 1.45. The van der Waals surface area contributed by atoms with E-state index < -0.39 is 5.97 Å². The first kappa shape index (κ1) is 13.4. The maximum atomic E-state index is 10.6. The van der Waals surface area contributed by atoms with Crippen LogP contribution in [0.5, 0.6) is 5.75 Å². The van der Waals surface area contributed by atoms with Crippen molar-refractivity contribution in [1.82, 2.24) is 4.98 Å². The van der Waals surface area contributed by atoms with Gasteiger partial charge in [-0.05, 0) is 31.2 Å². The van der Waals surface area contributed by atoms with Crippen LogP contribution in [0.4, 0.5) is 10.8 Å². The number of carboxylic acid groups (broad SMARTS) is 1. The molecule has 0 saturated carbocycles. The summed E-state index contributed by atoms with van der Waals surface area (Å²) in [7, 11) is 0. The number of carboxylic acids is 1. The Labute approximate surface area is 114 Å². The lowest BCUT2D eigenvalue weighted by Gasteiger charge is -2.05. The number of thiazole rings is 1. The third-order valence-corrected chi connectivity index (χ3v) is 3.11. The maximum absolute atomic E-state index is 10.6. The number of hydrogen-bond donors (Lipinski definition) is 2. The molecule has 2 aromatic rings. The van der Waals surface area contributed by atoms with Gasteiger partial charge in [0.05, 0.1) is 18.7 Å². The lowest BCUT2D eigenvalue weighted by molar-refractivity contribution is -0.136. The minimum absolute atomic E-state index is 0.0541. The van der Waals surface area contributed by atoms with Crippen LogP contribution in [0.15, 0.2) is 29.6 Å². The molecule has 2 rings (SSSR count). The van der Waals surface area contributed by atoms with Crippen LogP contribution in [0.3, 0.4) is 0 Å². The number of benzene rings is 1. The third-order valence-electron chi connectivity index (χ3n) is 2.30. The lowest BCUT2D eigenvalue weighted by Crippen LogP contribution is -2.00. The van der Waals surface area contributed by atoms with Crippen molar-refractivity contribution < 1.29 is 14.6 Å². The summed E-state index contributed by atoms with van der Waals surface area (Å²) in [5.74, 6) is -0.0586. The summed E-state index contributed by atoms with van der Waals surface area (Å²) in [6, 6.07) is 7.53. The topological polar surface area (TPSA) is 71.5 Å². The zero-order valence-corrected chi connectivity index (χ0v) is 11.2.